The summed E-state index contributed by atoms with van der Waals surface area (Å²) in [5.74, 6) is -0.918. The standard InChI is InChI=1S/C36H38O12/c1-23(2)35(39)43-19-17-41-27-11-5-25(6-12-27)9-15-31(37)47-29-21-45-34-30(22-46-33(29)34)48-32(38)16-10-26-7-13-28(14-8-26)42-18-20-44-36(40)24(3)4/h5-16,29-30,33-34H,1,3,17-22H2,2,4H3/b15-9+,16-10+/t29-,30-,33-,34-/m1/s1. The Morgan fingerprint density at radius 3 is 1.38 bits per heavy atom. The van der Waals surface area contributed by atoms with Crippen LogP contribution in [0.15, 0.2) is 85.0 Å². The first-order chi connectivity index (χ1) is 23.1. The molecule has 2 aliphatic heterocycles. The van der Waals surface area contributed by atoms with Crippen LogP contribution in [0.3, 0.4) is 0 Å². The number of carbonyl (C=O) groups is 4. The third-order valence-corrected chi connectivity index (χ3v) is 6.95. The van der Waals surface area contributed by atoms with E-state index in [1.54, 1.807) is 74.5 Å². The number of fused-ring (bicyclic) bond motifs is 1. The number of ether oxygens (including phenoxy) is 8. The van der Waals surface area contributed by atoms with Gasteiger partial charge in [-0.3, -0.25) is 0 Å². The van der Waals surface area contributed by atoms with Gasteiger partial charge in [-0.05, 0) is 61.4 Å². The van der Waals surface area contributed by atoms with Gasteiger partial charge in [0.25, 0.3) is 0 Å². The van der Waals surface area contributed by atoms with Crippen molar-refractivity contribution in [2.75, 3.05) is 39.6 Å². The van der Waals surface area contributed by atoms with Crippen molar-refractivity contribution in [2.45, 2.75) is 38.3 Å². The van der Waals surface area contributed by atoms with Crippen LogP contribution in [0.1, 0.15) is 25.0 Å². The molecule has 0 aliphatic carbocycles. The summed E-state index contributed by atoms with van der Waals surface area (Å²) in [4.78, 5) is 47.8. The van der Waals surface area contributed by atoms with E-state index in [1.807, 2.05) is 0 Å². The minimum Gasteiger partial charge on any atom is -0.490 e. The normalized spacial score (nSPS) is 19.8. The number of benzene rings is 2. The molecule has 4 atom stereocenters. The minimum atomic E-state index is -0.653. The van der Waals surface area contributed by atoms with Crippen molar-refractivity contribution >= 4 is 36.0 Å². The molecular formula is C36H38O12. The zero-order valence-electron chi connectivity index (χ0n) is 26.8. The van der Waals surface area contributed by atoms with Crippen LogP contribution in [-0.4, -0.2) is 87.9 Å². The van der Waals surface area contributed by atoms with Gasteiger partial charge < -0.3 is 37.9 Å². The molecule has 2 saturated heterocycles. The molecule has 254 valence electrons. The van der Waals surface area contributed by atoms with Crippen LogP contribution in [0.4, 0.5) is 0 Å². The summed E-state index contributed by atoms with van der Waals surface area (Å²) in [7, 11) is 0. The summed E-state index contributed by atoms with van der Waals surface area (Å²) in [6.07, 6.45) is 3.38. The summed E-state index contributed by atoms with van der Waals surface area (Å²) in [6, 6.07) is 14.0. The van der Waals surface area contributed by atoms with Gasteiger partial charge >= 0.3 is 23.9 Å². The van der Waals surface area contributed by atoms with E-state index >= 15 is 0 Å². The fourth-order valence-corrected chi connectivity index (χ4v) is 4.52. The Bertz CT molecular complexity index is 1410. The molecular weight excluding hydrogens is 624 g/mol. The van der Waals surface area contributed by atoms with Crippen molar-refractivity contribution in [1.29, 1.82) is 0 Å². The van der Waals surface area contributed by atoms with Crippen LogP contribution < -0.4 is 9.47 Å². The third kappa shape index (κ3) is 11.0. The van der Waals surface area contributed by atoms with Gasteiger partial charge in [0.1, 0.15) is 50.1 Å². The zero-order chi connectivity index (χ0) is 34.5. The second-order valence-electron chi connectivity index (χ2n) is 10.9. The van der Waals surface area contributed by atoms with Crippen LogP contribution in [0.25, 0.3) is 12.2 Å². The topological polar surface area (TPSA) is 142 Å². The van der Waals surface area contributed by atoms with Crippen molar-refractivity contribution in [3.05, 3.63) is 96.1 Å². The summed E-state index contributed by atoms with van der Waals surface area (Å²) >= 11 is 0. The smallest absolute Gasteiger partial charge is 0.333 e. The highest BCUT2D eigenvalue weighted by atomic mass is 16.7. The highest BCUT2D eigenvalue weighted by Crippen LogP contribution is 2.31. The first-order valence-corrected chi connectivity index (χ1v) is 15.2. The molecule has 2 heterocycles. The average Bonchev–Trinajstić information content (AvgIpc) is 3.66. The largest absolute Gasteiger partial charge is 0.490 e. The van der Waals surface area contributed by atoms with Gasteiger partial charge in [-0.1, -0.05) is 37.4 Å². The summed E-state index contributed by atoms with van der Waals surface area (Å²) in [6.45, 7) is 11.0. The highest BCUT2D eigenvalue weighted by Gasteiger charge is 2.51. The lowest BCUT2D eigenvalue weighted by atomic mass is 10.1. The number of esters is 4. The van der Waals surface area contributed by atoms with Gasteiger partial charge in [-0.25, -0.2) is 19.2 Å². The molecule has 0 N–H and O–H groups in total. The van der Waals surface area contributed by atoms with Crippen LogP contribution in [0.5, 0.6) is 11.5 Å². The Morgan fingerprint density at radius 2 is 1.02 bits per heavy atom. The Labute approximate surface area is 278 Å². The molecule has 2 aromatic carbocycles. The van der Waals surface area contributed by atoms with Crippen LogP contribution in [-0.2, 0) is 47.6 Å². The van der Waals surface area contributed by atoms with Crippen LogP contribution >= 0.6 is 0 Å². The van der Waals surface area contributed by atoms with E-state index in [1.165, 1.54) is 12.2 Å². The zero-order valence-corrected chi connectivity index (χ0v) is 26.8. The van der Waals surface area contributed by atoms with Crippen molar-refractivity contribution in [3.8, 4) is 11.5 Å². The molecule has 0 amide bonds. The van der Waals surface area contributed by atoms with Gasteiger partial charge in [0.2, 0.25) is 0 Å². The highest BCUT2D eigenvalue weighted by molar-refractivity contribution is 5.88. The minimum absolute atomic E-state index is 0.100. The molecule has 0 spiro atoms. The van der Waals surface area contributed by atoms with Gasteiger partial charge in [0.15, 0.2) is 12.2 Å². The van der Waals surface area contributed by atoms with Crippen molar-refractivity contribution in [3.63, 3.8) is 0 Å². The molecule has 4 rings (SSSR count). The van der Waals surface area contributed by atoms with E-state index in [4.69, 9.17) is 37.9 Å². The van der Waals surface area contributed by atoms with Gasteiger partial charge in [0.05, 0.1) is 13.2 Å². The second-order valence-corrected chi connectivity index (χ2v) is 10.9. The Kier molecular flexibility index (Phi) is 13.1. The molecule has 48 heavy (non-hydrogen) atoms. The maximum absolute atomic E-state index is 12.5. The predicted molar refractivity (Wildman–Crippen MR) is 173 cm³/mol. The lowest BCUT2D eigenvalue weighted by Crippen LogP contribution is -2.35. The van der Waals surface area contributed by atoms with Crippen LogP contribution in [0.2, 0.25) is 0 Å². The lowest BCUT2D eigenvalue weighted by Gasteiger charge is -2.16. The van der Waals surface area contributed by atoms with E-state index in [0.717, 1.165) is 11.1 Å². The van der Waals surface area contributed by atoms with E-state index in [9.17, 15) is 19.2 Å². The molecule has 0 bridgehead atoms. The molecule has 2 fully saturated rings. The summed E-state index contributed by atoms with van der Waals surface area (Å²) in [5.41, 5.74) is 2.13. The Morgan fingerprint density at radius 1 is 0.646 bits per heavy atom. The van der Waals surface area contributed by atoms with Crippen molar-refractivity contribution in [2.24, 2.45) is 0 Å². The molecule has 12 heteroatoms. The molecule has 0 unspecified atom stereocenters. The fraction of sp³-hybridized carbons (Fsp3) is 0.333. The van der Waals surface area contributed by atoms with Crippen molar-refractivity contribution < 1.29 is 57.1 Å². The number of carbonyl (C=O) groups excluding carboxylic acids is 4. The molecule has 0 radical (unpaired) electrons. The van der Waals surface area contributed by atoms with Gasteiger partial charge in [-0.2, -0.15) is 0 Å². The monoisotopic (exact) mass is 662 g/mol. The van der Waals surface area contributed by atoms with Crippen molar-refractivity contribution in [1.82, 2.24) is 0 Å². The van der Waals surface area contributed by atoms with Crippen LogP contribution in [0, 0.1) is 0 Å². The molecule has 12 nitrogen and oxygen atoms in total. The van der Waals surface area contributed by atoms with Gasteiger partial charge in [0, 0.05) is 23.3 Å². The maximum atomic E-state index is 12.5. The summed E-state index contributed by atoms with van der Waals surface area (Å²) in [5, 5.41) is 0. The molecule has 0 saturated carbocycles. The Balaban J connectivity index is 1.15. The number of hydrogen-bond donors (Lipinski definition) is 0. The fourth-order valence-electron chi connectivity index (χ4n) is 4.52. The second kappa shape index (κ2) is 17.6. The van der Waals surface area contributed by atoms with E-state index in [-0.39, 0.29) is 39.6 Å². The SMILES string of the molecule is C=C(C)C(=O)OCCOc1ccc(/C=C/C(=O)O[C@@H]2CO[C@H]3[C@@H]2OC[C@H]3OC(=O)/C=C/c2ccc(OCCOC(=O)C(=C)C)cc2)cc1. The predicted octanol–water partition coefficient (Wildman–Crippen LogP) is 4.03. The Hall–Kier alpha value is -5.20. The summed E-state index contributed by atoms with van der Waals surface area (Å²) < 4.78 is 43.7. The first kappa shape index (κ1) is 35.7. The molecule has 0 aromatic heterocycles. The lowest BCUT2D eigenvalue weighted by molar-refractivity contribution is -0.149. The first-order valence-electron chi connectivity index (χ1n) is 15.2. The average molecular weight is 663 g/mol. The number of rotatable bonds is 16. The maximum Gasteiger partial charge on any atom is 0.333 e. The molecule has 2 aliphatic rings. The third-order valence-electron chi connectivity index (χ3n) is 6.95. The van der Waals surface area contributed by atoms with Gasteiger partial charge in [-0.15, -0.1) is 0 Å². The van der Waals surface area contributed by atoms with E-state index < -0.39 is 48.3 Å². The quantitative estimate of drug-likeness (QED) is 0.111. The van der Waals surface area contributed by atoms with E-state index in [2.05, 4.69) is 13.2 Å². The van der Waals surface area contributed by atoms with E-state index in [0.29, 0.717) is 22.6 Å². The number of hydrogen-bond acceptors (Lipinski definition) is 12. The molecule has 2 aromatic rings.